The number of hydrogen-bond acceptors (Lipinski definition) is 4. The fourth-order valence-corrected chi connectivity index (χ4v) is 2.06. The fourth-order valence-electron chi connectivity index (χ4n) is 1.66. The molecule has 0 fully saturated rings. The van der Waals surface area contributed by atoms with Gasteiger partial charge in [0.05, 0.1) is 6.61 Å². The first-order valence-electron chi connectivity index (χ1n) is 6.15. The Morgan fingerprint density at radius 1 is 1.33 bits per heavy atom. The first-order valence-corrected chi connectivity index (χ1v) is 7.37. The Bertz CT molecular complexity index is 376. The molecule has 0 saturated carbocycles. The van der Waals surface area contributed by atoms with E-state index < -0.39 is 0 Å². The van der Waals surface area contributed by atoms with Gasteiger partial charge in [0.25, 0.3) is 0 Å². The van der Waals surface area contributed by atoms with Crippen LogP contribution < -0.4 is 5.32 Å². The molecule has 18 heavy (non-hydrogen) atoms. The third-order valence-corrected chi connectivity index (χ3v) is 3.22. The monoisotopic (exact) mass is 267 g/mol. The molecular weight excluding hydrogens is 246 g/mol. The van der Waals surface area contributed by atoms with Crippen LogP contribution in [0, 0.1) is 0 Å². The van der Waals surface area contributed by atoms with E-state index in [4.69, 9.17) is 4.74 Å². The predicted octanol–water partition coefficient (Wildman–Crippen LogP) is 3.01. The van der Waals surface area contributed by atoms with Gasteiger partial charge in [-0.15, -0.1) is 11.8 Å². The zero-order valence-electron chi connectivity index (χ0n) is 11.4. The maximum absolute atomic E-state index is 11.9. The summed E-state index contributed by atoms with van der Waals surface area (Å²) in [5, 5.41) is 3.24. The van der Waals surface area contributed by atoms with Crippen LogP contribution in [-0.4, -0.2) is 24.9 Å². The number of nitrogens with one attached hydrogen (secondary N) is 1. The molecule has 1 aromatic rings. The van der Waals surface area contributed by atoms with E-state index in [9.17, 15) is 4.79 Å². The second-order valence-electron chi connectivity index (χ2n) is 4.28. The lowest BCUT2D eigenvalue weighted by Crippen LogP contribution is -2.34. The second kappa shape index (κ2) is 7.44. The molecule has 0 aliphatic carbocycles. The van der Waals surface area contributed by atoms with Gasteiger partial charge in [-0.05, 0) is 44.7 Å². The zero-order chi connectivity index (χ0) is 13.5. The maximum Gasteiger partial charge on any atom is 0.327 e. The van der Waals surface area contributed by atoms with Gasteiger partial charge >= 0.3 is 5.97 Å². The van der Waals surface area contributed by atoms with Gasteiger partial charge in [-0.3, -0.25) is 5.32 Å². The summed E-state index contributed by atoms with van der Waals surface area (Å²) in [6.45, 7) is 6.25. The Labute approximate surface area is 113 Å². The van der Waals surface area contributed by atoms with Crippen LogP contribution >= 0.6 is 11.8 Å². The van der Waals surface area contributed by atoms with Crippen molar-refractivity contribution in [2.24, 2.45) is 0 Å². The summed E-state index contributed by atoms with van der Waals surface area (Å²) in [7, 11) is 0. The number of hydrogen-bond donors (Lipinski definition) is 1. The maximum atomic E-state index is 11.9. The first kappa shape index (κ1) is 15.1. The van der Waals surface area contributed by atoms with E-state index in [0.29, 0.717) is 6.61 Å². The fraction of sp³-hybridized carbons (Fsp3) is 0.500. The molecule has 3 nitrogen and oxygen atoms in total. The molecule has 1 aromatic carbocycles. The molecule has 100 valence electrons. The minimum Gasteiger partial charge on any atom is -0.465 e. The first-order chi connectivity index (χ1) is 8.58. The normalized spacial score (nSPS) is 12.5. The molecule has 0 amide bonds. The molecule has 4 heteroatoms. The van der Waals surface area contributed by atoms with Crippen LogP contribution in [0.1, 0.15) is 32.4 Å². The van der Waals surface area contributed by atoms with E-state index in [2.05, 4.69) is 5.32 Å². The van der Waals surface area contributed by atoms with E-state index in [1.54, 1.807) is 11.8 Å². The lowest BCUT2D eigenvalue weighted by Gasteiger charge is -2.20. The van der Waals surface area contributed by atoms with Crippen LogP contribution in [0.3, 0.4) is 0 Å². The van der Waals surface area contributed by atoms with Gasteiger partial charge in [-0.2, -0.15) is 0 Å². The highest BCUT2D eigenvalue weighted by molar-refractivity contribution is 7.98. The van der Waals surface area contributed by atoms with Gasteiger partial charge in [0.1, 0.15) is 6.04 Å². The van der Waals surface area contributed by atoms with Crippen molar-refractivity contribution in [3.05, 3.63) is 29.8 Å². The highest BCUT2D eigenvalue weighted by atomic mass is 32.2. The number of benzene rings is 1. The average molecular weight is 267 g/mol. The molecule has 1 atom stereocenters. The Balaban J connectivity index is 2.89. The van der Waals surface area contributed by atoms with Crippen molar-refractivity contribution in [3.63, 3.8) is 0 Å². The molecule has 0 spiro atoms. The summed E-state index contributed by atoms with van der Waals surface area (Å²) >= 11 is 1.69. The number of carbonyl (C=O) groups excluding carboxylic acids is 1. The highest BCUT2D eigenvalue weighted by Gasteiger charge is 2.22. The third kappa shape index (κ3) is 4.35. The third-order valence-electron chi connectivity index (χ3n) is 2.47. The summed E-state index contributed by atoms with van der Waals surface area (Å²) in [4.78, 5) is 13.1. The minimum atomic E-state index is -0.388. The van der Waals surface area contributed by atoms with Crippen LogP contribution in [-0.2, 0) is 9.53 Å². The van der Waals surface area contributed by atoms with Crippen molar-refractivity contribution in [3.8, 4) is 0 Å². The van der Waals surface area contributed by atoms with Crippen LogP contribution in [0.4, 0.5) is 0 Å². The van der Waals surface area contributed by atoms with E-state index in [-0.39, 0.29) is 18.1 Å². The summed E-state index contributed by atoms with van der Waals surface area (Å²) in [6, 6.07) is 7.83. The van der Waals surface area contributed by atoms with Crippen LogP contribution in [0.5, 0.6) is 0 Å². The highest BCUT2D eigenvalue weighted by Crippen LogP contribution is 2.20. The summed E-state index contributed by atoms with van der Waals surface area (Å²) < 4.78 is 5.11. The molecule has 1 rings (SSSR count). The number of ether oxygens (including phenoxy) is 1. The van der Waals surface area contributed by atoms with Gasteiger partial charge < -0.3 is 4.74 Å². The molecule has 0 aromatic heterocycles. The Kier molecular flexibility index (Phi) is 6.22. The van der Waals surface area contributed by atoms with E-state index in [0.717, 1.165) is 5.56 Å². The smallest absolute Gasteiger partial charge is 0.327 e. The minimum absolute atomic E-state index is 0.219. The van der Waals surface area contributed by atoms with Gasteiger partial charge in [0.15, 0.2) is 0 Å². The number of rotatable bonds is 6. The standard InChI is InChI=1S/C14H21NO2S/c1-5-17-14(16)13(15-10(2)3)11-6-8-12(18-4)9-7-11/h6-10,13,15H,5H2,1-4H3. The Hall–Kier alpha value is -1.00. The lowest BCUT2D eigenvalue weighted by molar-refractivity contribution is -0.146. The van der Waals surface area contributed by atoms with Crippen molar-refractivity contribution in [2.75, 3.05) is 12.9 Å². The van der Waals surface area contributed by atoms with Crippen molar-refractivity contribution < 1.29 is 9.53 Å². The predicted molar refractivity (Wildman–Crippen MR) is 75.9 cm³/mol. The van der Waals surface area contributed by atoms with E-state index in [1.165, 1.54) is 4.90 Å². The molecular formula is C14H21NO2S. The number of thioether (sulfide) groups is 1. The molecule has 1 unspecified atom stereocenters. The summed E-state index contributed by atoms with van der Waals surface area (Å²) in [6.07, 6.45) is 2.03. The van der Waals surface area contributed by atoms with Crippen molar-refractivity contribution in [1.29, 1.82) is 0 Å². The van der Waals surface area contributed by atoms with Crippen molar-refractivity contribution >= 4 is 17.7 Å². The molecule has 0 aliphatic heterocycles. The van der Waals surface area contributed by atoms with E-state index >= 15 is 0 Å². The van der Waals surface area contributed by atoms with Gasteiger partial charge in [-0.1, -0.05) is 12.1 Å². The second-order valence-corrected chi connectivity index (χ2v) is 5.16. The zero-order valence-corrected chi connectivity index (χ0v) is 12.2. The Morgan fingerprint density at radius 2 is 1.94 bits per heavy atom. The number of esters is 1. The van der Waals surface area contributed by atoms with Crippen LogP contribution in [0.25, 0.3) is 0 Å². The van der Waals surface area contributed by atoms with Gasteiger partial charge in [-0.25, -0.2) is 4.79 Å². The van der Waals surface area contributed by atoms with Crippen LogP contribution in [0.15, 0.2) is 29.2 Å². The molecule has 0 saturated heterocycles. The molecule has 1 N–H and O–H groups in total. The quantitative estimate of drug-likeness (QED) is 0.635. The van der Waals surface area contributed by atoms with Gasteiger partial charge in [0, 0.05) is 10.9 Å². The topological polar surface area (TPSA) is 38.3 Å². The van der Waals surface area contributed by atoms with Crippen molar-refractivity contribution in [1.82, 2.24) is 5.32 Å². The summed E-state index contributed by atoms with van der Waals surface area (Å²) in [5.74, 6) is -0.219. The Morgan fingerprint density at radius 3 is 2.39 bits per heavy atom. The SMILES string of the molecule is CCOC(=O)C(NC(C)C)c1ccc(SC)cc1. The van der Waals surface area contributed by atoms with Crippen LogP contribution in [0.2, 0.25) is 0 Å². The largest absolute Gasteiger partial charge is 0.465 e. The molecule has 0 aliphatic rings. The number of carbonyl (C=O) groups is 1. The van der Waals surface area contributed by atoms with Crippen molar-refractivity contribution in [2.45, 2.75) is 37.8 Å². The van der Waals surface area contributed by atoms with E-state index in [1.807, 2.05) is 51.3 Å². The molecule has 0 radical (unpaired) electrons. The molecule has 0 bridgehead atoms. The van der Waals surface area contributed by atoms with Gasteiger partial charge in [0.2, 0.25) is 0 Å². The average Bonchev–Trinajstić information content (AvgIpc) is 2.36. The summed E-state index contributed by atoms with van der Waals surface area (Å²) in [5.41, 5.74) is 0.944. The lowest BCUT2D eigenvalue weighted by atomic mass is 10.1. The molecule has 0 heterocycles.